The van der Waals surface area contributed by atoms with E-state index >= 15 is 0 Å². The van der Waals surface area contributed by atoms with E-state index in [0.29, 0.717) is 24.6 Å². The summed E-state index contributed by atoms with van der Waals surface area (Å²) in [6.45, 7) is 0.982. The van der Waals surface area contributed by atoms with Crippen LogP contribution in [0.4, 0.5) is 5.95 Å². The van der Waals surface area contributed by atoms with Gasteiger partial charge in [-0.2, -0.15) is 0 Å². The van der Waals surface area contributed by atoms with Gasteiger partial charge >= 0.3 is 0 Å². The van der Waals surface area contributed by atoms with Gasteiger partial charge in [-0.1, -0.05) is 6.07 Å². The highest BCUT2D eigenvalue weighted by Crippen LogP contribution is 2.28. The summed E-state index contributed by atoms with van der Waals surface area (Å²) < 4.78 is 10.5. The summed E-state index contributed by atoms with van der Waals surface area (Å²) in [4.78, 5) is 22.4. The first-order valence-corrected chi connectivity index (χ1v) is 7.19. The van der Waals surface area contributed by atoms with Crippen molar-refractivity contribution in [1.82, 2.24) is 14.9 Å². The maximum Gasteiger partial charge on any atom is 0.227 e. The number of hydrogen-bond acceptors (Lipinski definition) is 6. The molecule has 0 unspecified atom stereocenters. The quantitative estimate of drug-likeness (QED) is 0.910. The molecule has 1 aliphatic heterocycles. The van der Waals surface area contributed by atoms with Crippen molar-refractivity contribution in [3.63, 3.8) is 0 Å². The Kier molecular flexibility index (Phi) is 4.01. The van der Waals surface area contributed by atoms with Crippen LogP contribution in [0, 0.1) is 0 Å². The third-order valence-electron chi connectivity index (χ3n) is 3.83. The number of carbonyl (C=O) groups is 1. The molecule has 1 aliphatic rings. The Balaban J connectivity index is 1.71. The van der Waals surface area contributed by atoms with Crippen LogP contribution in [0.1, 0.15) is 16.8 Å². The van der Waals surface area contributed by atoms with E-state index in [2.05, 4.69) is 9.97 Å². The molecule has 2 N–H and O–H groups in total. The molecular weight excluding hydrogens is 296 g/mol. The zero-order chi connectivity index (χ0) is 16.4. The van der Waals surface area contributed by atoms with E-state index in [1.807, 2.05) is 12.1 Å². The zero-order valence-electron chi connectivity index (χ0n) is 13.1. The molecule has 1 amide bonds. The average molecular weight is 314 g/mol. The largest absolute Gasteiger partial charge is 0.493 e. The van der Waals surface area contributed by atoms with E-state index in [-0.39, 0.29) is 18.3 Å². The molecule has 7 nitrogen and oxygen atoms in total. The van der Waals surface area contributed by atoms with Crippen LogP contribution in [-0.4, -0.2) is 35.0 Å². The summed E-state index contributed by atoms with van der Waals surface area (Å²) in [6.07, 6.45) is 1.97. The lowest BCUT2D eigenvalue weighted by Gasteiger charge is -2.15. The van der Waals surface area contributed by atoms with Gasteiger partial charge in [-0.05, 0) is 17.7 Å². The van der Waals surface area contributed by atoms with E-state index in [1.54, 1.807) is 31.4 Å². The second kappa shape index (κ2) is 6.12. The van der Waals surface area contributed by atoms with E-state index < -0.39 is 0 Å². The highest BCUT2D eigenvalue weighted by atomic mass is 16.5. The van der Waals surface area contributed by atoms with Gasteiger partial charge in [-0.25, -0.2) is 9.97 Å². The highest BCUT2D eigenvalue weighted by Gasteiger charge is 2.25. The smallest absolute Gasteiger partial charge is 0.227 e. The fourth-order valence-electron chi connectivity index (χ4n) is 2.62. The lowest BCUT2D eigenvalue weighted by molar-refractivity contribution is -0.131. The van der Waals surface area contributed by atoms with E-state index in [4.69, 9.17) is 15.2 Å². The number of benzene rings is 1. The standard InChI is InChI=1S/C16H18N4O3/c1-22-13-4-3-10(5-14(13)23-2)6-15(21)20-8-11-7-18-16(17)19-12(11)9-20/h3-5,7H,6,8-9H2,1-2H3,(H2,17,18,19). The van der Waals surface area contributed by atoms with Crippen LogP contribution in [0.2, 0.25) is 0 Å². The number of anilines is 1. The Morgan fingerprint density at radius 3 is 2.78 bits per heavy atom. The first-order valence-electron chi connectivity index (χ1n) is 7.19. The second-order valence-corrected chi connectivity index (χ2v) is 5.32. The van der Waals surface area contributed by atoms with Gasteiger partial charge in [0.25, 0.3) is 0 Å². The maximum atomic E-state index is 12.5. The minimum absolute atomic E-state index is 0.0220. The number of nitrogens with zero attached hydrogens (tertiary/aromatic N) is 3. The van der Waals surface area contributed by atoms with Crippen molar-refractivity contribution in [3.05, 3.63) is 41.2 Å². The summed E-state index contributed by atoms with van der Waals surface area (Å²) in [5, 5.41) is 0. The van der Waals surface area contributed by atoms with Crippen molar-refractivity contribution in [2.75, 3.05) is 20.0 Å². The van der Waals surface area contributed by atoms with E-state index in [9.17, 15) is 4.79 Å². The number of carbonyl (C=O) groups excluding carboxylic acids is 1. The van der Waals surface area contributed by atoms with Crippen LogP contribution in [0.5, 0.6) is 11.5 Å². The SMILES string of the molecule is COc1ccc(CC(=O)N2Cc3cnc(N)nc3C2)cc1OC. The van der Waals surface area contributed by atoms with Gasteiger partial charge in [0.05, 0.1) is 32.9 Å². The van der Waals surface area contributed by atoms with Crippen molar-refractivity contribution in [2.24, 2.45) is 0 Å². The van der Waals surface area contributed by atoms with E-state index in [1.165, 1.54) is 0 Å². The summed E-state index contributed by atoms with van der Waals surface area (Å²) in [5.74, 6) is 1.51. The monoisotopic (exact) mass is 314 g/mol. The van der Waals surface area contributed by atoms with Gasteiger partial charge in [0, 0.05) is 18.3 Å². The normalized spacial score (nSPS) is 12.9. The molecule has 23 heavy (non-hydrogen) atoms. The number of nitrogens with two attached hydrogens (primary N) is 1. The van der Waals surface area contributed by atoms with Gasteiger partial charge in [0.15, 0.2) is 11.5 Å². The summed E-state index contributed by atoms with van der Waals surface area (Å²) in [6, 6.07) is 5.48. The first-order chi connectivity index (χ1) is 11.1. The van der Waals surface area contributed by atoms with E-state index in [0.717, 1.165) is 16.8 Å². The molecule has 7 heteroatoms. The molecule has 2 aromatic rings. The Morgan fingerprint density at radius 2 is 2.04 bits per heavy atom. The number of ether oxygens (including phenoxy) is 2. The number of rotatable bonds is 4. The molecule has 0 spiro atoms. The van der Waals surface area contributed by atoms with Crippen LogP contribution in [0.25, 0.3) is 0 Å². The Labute approximate surface area is 134 Å². The molecule has 2 heterocycles. The van der Waals surface area contributed by atoms with Gasteiger partial charge in [0.2, 0.25) is 11.9 Å². The molecule has 0 atom stereocenters. The molecule has 0 fully saturated rings. The zero-order valence-corrected chi connectivity index (χ0v) is 13.1. The third kappa shape index (κ3) is 3.03. The summed E-state index contributed by atoms with van der Waals surface area (Å²) >= 11 is 0. The van der Waals surface area contributed by atoms with Gasteiger partial charge in [0.1, 0.15) is 0 Å². The lowest BCUT2D eigenvalue weighted by atomic mass is 10.1. The Morgan fingerprint density at radius 1 is 1.26 bits per heavy atom. The van der Waals surface area contributed by atoms with Crippen LogP contribution in [0.3, 0.4) is 0 Å². The lowest BCUT2D eigenvalue weighted by Crippen LogP contribution is -2.27. The molecule has 0 saturated carbocycles. The molecule has 0 aliphatic carbocycles. The third-order valence-corrected chi connectivity index (χ3v) is 3.83. The summed E-state index contributed by atoms with van der Waals surface area (Å²) in [5.41, 5.74) is 8.22. The number of aromatic nitrogens is 2. The maximum absolute atomic E-state index is 12.5. The topological polar surface area (TPSA) is 90.6 Å². The predicted molar refractivity (Wildman–Crippen MR) is 83.9 cm³/mol. The average Bonchev–Trinajstić information content (AvgIpc) is 2.97. The van der Waals surface area contributed by atoms with Crippen molar-refractivity contribution in [1.29, 1.82) is 0 Å². The minimum atomic E-state index is 0.0220. The fraction of sp³-hybridized carbons (Fsp3) is 0.312. The number of nitrogen functional groups attached to an aromatic ring is 1. The first kappa shape index (κ1) is 15.1. The number of hydrogen-bond donors (Lipinski definition) is 1. The molecule has 1 aromatic carbocycles. The van der Waals surface area contributed by atoms with Gasteiger partial charge < -0.3 is 20.1 Å². The molecule has 0 saturated heterocycles. The van der Waals surface area contributed by atoms with Crippen molar-refractivity contribution in [2.45, 2.75) is 19.5 Å². The van der Waals surface area contributed by atoms with Crippen LogP contribution in [-0.2, 0) is 24.3 Å². The van der Waals surface area contributed by atoms with Gasteiger partial charge in [-0.3, -0.25) is 4.79 Å². The summed E-state index contributed by atoms with van der Waals surface area (Å²) in [7, 11) is 3.15. The fourth-order valence-corrected chi connectivity index (χ4v) is 2.62. The van der Waals surface area contributed by atoms with Crippen LogP contribution < -0.4 is 15.2 Å². The molecule has 1 aromatic heterocycles. The molecular formula is C16H18N4O3. The van der Waals surface area contributed by atoms with Crippen molar-refractivity contribution in [3.8, 4) is 11.5 Å². The van der Waals surface area contributed by atoms with Crippen LogP contribution >= 0.6 is 0 Å². The van der Waals surface area contributed by atoms with Crippen molar-refractivity contribution < 1.29 is 14.3 Å². The highest BCUT2D eigenvalue weighted by molar-refractivity contribution is 5.79. The van der Waals surface area contributed by atoms with Gasteiger partial charge in [-0.15, -0.1) is 0 Å². The van der Waals surface area contributed by atoms with Crippen molar-refractivity contribution >= 4 is 11.9 Å². The Hall–Kier alpha value is -2.83. The molecule has 3 rings (SSSR count). The molecule has 0 radical (unpaired) electrons. The Bertz CT molecular complexity index is 748. The van der Waals surface area contributed by atoms with Crippen LogP contribution in [0.15, 0.2) is 24.4 Å². The minimum Gasteiger partial charge on any atom is -0.493 e. The number of amides is 1. The molecule has 120 valence electrons. The number of methoxy groups -OCH3 is 2. The number of fused-ring (bicyclic) bond motifs is 1. The predicted octanol–water partition coefficient (Wildman–Crippen LogP) is 1.16. The second-order valence-electron chi connectivity index (χ2n) is 5.32. The molecule has 0 bridgehead atoms.